The molecule has 0 saturated carbocycles. The zero-order valence-corrected chi connectivity index (χ0v) is 21.8. The molecule has 0 spiro atoms. The highest BCUT2D eigenvalue weighted by atomic mass is 31.1. The van der Waals surface area contributed by atoms with Gasteiger partial charge in [-0.3, -0.25) is 0 Å². The normalized spacial score (nSPS) is 19.8. The van der Waals surface area contributed by atoms with E-state index in [1.807, 2.05) is 61.9 Å². The summed E-state index contributed by atoms with van der Waals surface area (Å²) in [6.45, 7) is 8.41. The Kier molecular flexibility index (Phi) is 7.30. The van der Waals surface area contributed by atoms with Crippen LogP contribution in [-0.4, -0.2) is 31.8 Å². The Bertz CT molecular complexity index is 1290. The lowest BCUT2D eigenvalue weighted by atomic mass is 9.73. The van der Waals surface area contributed by atoms with Crippen molar-refractivity contribution < 1.29 is 28.9 Å². The number of aryl methyl sites for hydroxylation is 1. The molecule has 0 radical (unpaired) electrons. The van der Waals surface area contributed by atoms with Crippen LogP contribution in [-0.2, 0) is 9.36 Å². The Morgan fingerprint density at radius 1 is 1.14 bits per heavy atom. The maximum Gasteiger partial charge on any atom is 0.541 e. The fourth-order valence-corrected chi connectivity index (χ4v) is 5.45. The number of aliphatic hydroxyl groups is 1. The topological polar surface area (TPSA) is 98.1 Å². The highest BCUT2D eigenvalue weighted by molar-refractivity contribution is 7.42. The van der Waals surface area contributed by atoms with Crippen LogP contribution >= 0.6 is 8.03 Å². The van der Waals surface area contributed by atoms with Gasteiger partial charge >= 0.3 is 19.2 Å². The maximum absolute atomic E-state index is 14.2. The zero-order valence-electron chi connectivity index (χ0n) is 20.9. The number of halogens is 1. The molecule has 188 valence electrons. The molecule has 3 rings (SSSR count). The highest BCUT2D eigenvalue weighted by Gasteiger charge is 2.70. The number of terminal acetylenes is 1. The van der Waals surface area contributed by atoms with E-state index in [0.717, 1.165) is 12.5 Å². The number of hydrogen-bond donors (Lipinski definition) is 3. The Morgan fingerprint density at radius 3 is 2.22 bits per heavy atom. The molecule has 36 heavy (non-hydrogen) atoms. The Hall–Kier alpha value is -3.30. The van der Waals surface area contributed by atoms with Crippen molar-refractivity contribution in [1.29, 1.82) is 0 Å². The van der Waals surface area contributed by atoms with Crippen LogP contribution < -0.4 is 4.90 Å². The van der Waals surface area contributed by atoms with Crippen LogP contribution in [0.5, 0.6) is 0 Å². The number of allylic oxidation sites excluding steroid dienone is 1. The summed E-state index contributed by atoms with van der Waals surface area (Å²) in [7, 11) is -3.56. The first-order valence-electron chi connectivity index (χ1n) is 11.3. The predicted molar refractivity (Wildman–Crippen MR) is 138 cm³/mol. The number of rotatable bonds is 6. The number of hydrogen-bond acceptors (Lipinski definition) is 4. The number of nitrogens with zero attached hydrogens (tertiary/aromatic N) is 1. The molecule has 3 N–H and O–H groups in total. The van der Waals surface area contributed by atoms with Crippen molar-refractivity contribution >= 4 is 19.7 Å². The summed E-state index contributed by atoms with van der Waals surface area (Å²) < 4.78 is 26.7. The number of anilines is 1. The summed E-state index contributed by atoms with van der Waals surface area (Å²) in [5.74, 6) is -0.255. The van der Waals surface area contributed by atoms with Gasteiger partial charge in [-0.1, -0.05) is 63.3 Å². The third kappa shape index (κ3) is 4.37. The van der Waals surface area contributed by atoms with Crippen LogP contribution in [0.3, 0.4) is 0 Å². The second kappa shape index (κ2) is 9.63. The van der Waals surface area contributed by atoms with E-state index in [1.54, 1.807) is 31.2 Å². The predicted octanol–water partition coefficient (Wildman–Crippen LogP) is 5.49. The number of aliphatic carboxylic acids is 1. The van der Waals surface area contributed by atoms with Crippen molar-refractivity contribution in [3.05, 3.63) is 88.9 Å². The van der Waals surface area contributed by atoms with Crippen LogP contribution in [0.25, 0.3) is 0 Å². The van der Waals surface area contributed by atoms with Crippen LogP contribution in [0.1, 0.15) is 44.9 Å². The Balaban J connectivity index is 2.44. The van der Waals surface area contributed by atoms with Crippen molar-refractivity contribution in [1.82, 2.24) is 0 Å². The monoisotopic (exact) mass is 510 g/mol. The van der Waals surface area contributed by atoms with Crippen molar-refractivity contribution in [2.75, 3.05) is 4.90 Å². The molecule has 1 aliphatic heterocycles. The molecule has 0 amide bonds. The van der Waals surface area contributed by atoms with Crippen molar-refractivity contribution in [2.24, 2.45) is 5.41 Å². The van der Waals surface area contributed by atoms with Gasteiger partial charge in [-0.25, -0.2) is 9.18 Å². The molecular weight excluding hydrogens is 480 g/mol. The van der Waals surface area contributed by atoms with Gasteiger partial charge in [0.25, 0.3) is 0 Å². The lowest BCUT2D eigenvalue weighted by Gasteiger charge is -2.46. The van der Waals surface area contributed by atoms with Crippen molar-refractivity contribution in [3.8, 4) is 12.3 Å². The minimum atomic E-state index is -3.56. The van der Waals surface area contributed by atoms with Crippen LogP contribution in [0.2, 0.25) is 0 Å². The van der Waals surface area contributed by atoms with Gasteiger partial charge in [-0.05, 0) is 53.7 Å². The third-order valence-electron chi connectivity index (χ3n) is 6.52. The quantitative estimate of drug-likeness (QED) is 0.351. The summed E-state index contributed by atoms with van der Waals surface area (Å²) >= 11 is 0. The average molecular weight is 511 g/mol. The lowest BCUT2D eigenvalue weighted by Crippen LogP contribution is -2.57. The number of carboxylic acid groups (broad SMARTS) is 1. The molecular formula is C28H30FNO5P+. The first kappa shape index (κ1) is 27.3. The molecule has 0 bridgehead atoms. The molecule has 2 aromatic rings. The van der Waals surface area contributed by atoms with E-state index >= 15 is 0 Å². The maximum atomic E-state index is 14.2. The second-order valence-electron chi connectivity index (χ2n) is 10.0. The molecule has 6 nitrogen and oxygen atoms in total. The van der Waals surface area contributed by atoms with Gasteiger partial charge in [0, 0.05) is 22.4 Å². The fourth-order valence-electron chi connectivity index (χ4n) is 4.69. The van der Waals surface area contributed by atoms with Crippen LogP contribution in [0, 0.1) is 30.5 Å². The summed E-state index contributed by atoms with van der Waals surface area (Å²) in [6.07, 6.45) is 8.85. The molecule has 0 fully saturated rings. The van der Waals surface area contributed by atoms with E-state index < -0.39 is 36.2 Å². The largest absolute Gasteiger partial charge is 0.541 e. The molecule has 1 heterocycles. The van der Waals surface area contributed by atoms with Gasteiger partial charge in [0.05, 0.1) is 6.04 Å². The minimum Gasteiger partial charge on any atom is -0.477 e. The summed E-state index contributed by atoms with van der Waals surface area (Å²) in [5.41, 5.74) is -0.721. The summed E-state index contributed by atoms with van der Waals surface area (Å²) in [4.78, 5) is 24.3. The highest BCUT2D eigenvalue weighted by Crippen LogP contribution is 2.53. The van der Waals surface area contributed by atoms with Gasteiger partial charge in [0.15, 0.2) is 5.60 Å². The van der Waals surface area contributed by atoms with Gasteiger partial charge in [-0.15, -0.1) is 6.42 Å². The molecule has 2 aromatic carbocycles. The first-order chi connectivity index (χ1) is 16.7. The second-order valence-corrected chi connectivity index (χ2v) is 11.3. The smallest absolute Gasteiger partial charge is 0.477 e. The molecule has 4 unspecified atom stereocenters. The van der Waals surface area contributed by atoms with Crippen LogP contribution in [0.15, 0.2) is 72.0 Å². The van der Waals surface area contributed by atoms with Gasteiger partial charge in [0.1, 0.15) is 5.82 Å². The van der Waals surface area contributed by atoms with E-state index in [1.165, 1.54) is 6.07 Å². The van der Waals surface area contributed by atoms with Crippen LogP contribution in [0.4, 0.5) is 10.1 Å². The third-order valence-corrected chi connectivity index (χ3v) is 7.85. The number of carbonyl (C=O) groups is 1. The van der Waals surface area contributed by atoms with Crippen molar-refractivity contribution in [2.45, 2.75) is 51.4 Å². The van der Waals surface area contributed by atoms with E-state index in [4.69, 9.17) is 6.42 Å². The van der Waals surface area contributed by atoms with Gasteiger partial charge in [-0.2, -0.15) is 4.89 Å². The number of benzene rings is 2. The van der Waals surface area contributed by atoms with E-state index in [0.29, 0.717) is 16.9 Å². The summed E-state index contributed by atoms with van der Waals surface area (Å²) in [6, 6.07) is 13.7. The standard InChI is InChI=1S/C28H29FNO5P/c1-7-28(25(31)32,36(34)35)27(6,33)21-14-16-23(19-11-9-8-10-12-19)30(24(21)26(3,4)5)20-13-15-22(29)18(2)17-20/h1,8-17,23,33H,2-6H3,(H-,31,32,34,35)/p+1. The lowest BCUT2D eigenvalue weighted by molar-refractivity contribution is -0.143. The van der Waals surface area contributed by atoms with Crippen molar-refractivity contribution in [3.63, 3.8) is 0 Å². The summed E-state index contributed by atoms with van der Waals surface area (Å²) in [5, 5.41) is 18.9. The molecule has 4 atom stereocenters. The zero-order chi connectivity index (χ0) is 27.1. The Labute approximate surface area is 211 Å². The van der Waals surface area contributed by atoms with Gasteiger partial charge in [0.2, 0.25) is 0 Å². The van der Waals surface area contributed by atoms with Gasteiger partial charge < -0.3 is 15.1 Å². The Morgan fingerprint density at radius 2 is 1.75 bits per heavy atom. The average Bonchev–Trinajstić information content (AvgIpc) is 2.80. The molecule has 0 saturated heterocycles. The molecule has 1 aliphatic rings. The van der Waals surface area contributed by atoms with E-state index in [9.17, 15) is 28.9 Å². The SMILES string of the molecule is C#CC(C(=O)O)([P+](=O)O)C(C)(O)C1=C(C(C)(C)C)N(c2ccc(F)c(C)c2)C(c2ccccc2)C=C1. The first-order valence-corrected chi connectivity index (χ1v) is 12.5. The molecule has 0 aromatic heterocycles. The molecule has 8 heteroatoms. The fraction of sp³-hybridized carbons (Fsp3) is 0.321. The molecule has 0 aliphatic carbocycles. The van der Waals surface area contributed by atoms with E-state index in [-0.39, 0.29) is 11.4 Å². The minimum absolute atomic E-state index is 0.0851. The van der Waals surface area contributed by atoms with E-state index in [2.05, 4.69) is 0 Å². The number of carboxylic acids is 1.